The molecule has 1 aromatic carbocycles. The van der Waals surface area contributed by atoms with E-state index in [9.17, 15) is 9.18 Å². The molecule has 21 heavy (non-hydrogen) atoms. The zero-order valence-corrected chi connectivity index (χ0v) is 13.4. The summed E-state index contributed by atoms with van der Waals surface area (Å²) in [6, 6.07) is 4.92. The van der Waals surface area contributed by atoms with Gasteiger partial charge in [0.2, 0.25) is 0 Å². The summed E-state index contributed by atoms with van der Waals surface area (Å²) >= 11 is 1.34. The molecule has 114 valence electrons. The molecule has 0 spiro atoms. The highest BCUT2D eigenvalue weighted by molar-refractivity contribution is 7.21. The maximum Gasteiger partial charge on any atom is 0.264 e. The number of hydrogen-bond acceptors (Lipinski definition) is 3. The van der Waals surface area contributed by atoms with Crippen LogP contribution in [0.1, 0.15) is 35.0 Å². The molecule has 0 aliphatic carbocycles. The van der Waals surface area contributed by atoms with E-state index in [2.05, 4.69) is 6.92 Å². The molecular weight excluding hydrogens is 289 g/mol. The number of unbranched alkanes of at least 4 members (excludes halogenated alkanes) is 1. The van der Waals surface area contributed by atoms with Crippen LogP contribution >= 0.6 is 11.3 Å². The Hall–Kier alpha value is -1.46. The van der Waals surface area contributed by atoms with Crippen molar-refractivity contribution in [2.75, 3.05) is 20.7 Å². The standard InChI is InChI=1S/C16H20FNO2S/c1-4-5-9-18(2)16(19)15-11(10-20-3)14-12(17)7-6-8-13(14)21-15/h6-8H,4-5,9-10H2,1-3H3. The minimum absolute atomic E-state index is 0.0592. The van der Waals surface area contributed by atoms with E-state index in [4.69, 9.17) is 4.74 Å². The largest absolute Gasteiger partial charge is 0.380 e. The summed E-state index contributed by atoms with van der Waals surface area (Å²) in [5, 5.41) is 0.511. The molecule has 0 bridgehead atoms. The summed E-state index contributed by atoms with van der Waals surface area (Å²) in [6.07, 6.45) is 1.99. The third kappa shape index (κ3) is 3.24. The summed E-state index contributed by atoms with van der Waals surface area (Å²) in [4.78, 5) is 14.9. The summed E-state index contributed by atoms with van der Waals surface area (Å²) < 4.78 is 20.0. The molecule has 2 aromatic rings. The van der Waals surface area contributed by atoms with Crippen molar-refractivity contribution in [3.05, 3.63) is 34.5 Å². The van der Waals surface area contributed by atoms with Crippen molar-refractivity contribution in [3.63, 3.8) is 0 Å². The maximum atomic E-state index is 14.1. The average Bonchev–Trinajstić information content (AvgIpc) is 2.84. The molecule has 0 radical (unpaired) electrons. The van der Waals surface area contributed by atoms with E-state index >= 15 is 0 Å². The molecule has 1 aromatic heterocycles. The molecule has 0 fully saturated rings. The molecule has 3 nitrogen and oxygen atoms in total. The van der Waals surface area contributed by atoms with Crippen LogP contribution in [0.4, 0.5) is 4.39 Å². The highest BCUT2D eigenvalue weighted by atomic mass is 32.1. The number of halogens is 1. The lowest BCUT2D eigenvalue weighted by Crippen LogP contribution is -2.27. The molecule has 0 atom stereocenters. The number of methoxy groups -OCH3 is 1. The van der Waals surface area contributed by atoms with Crippen LogP contribution in [0.3, 0.4) is 0 Å². The van der Waals surface area contributed by atoms with E-state index in [1.54, 1.807) is 25.1 Å². The summed E-state index contributed by atoms with van der Waals surface area (Å²) in [5.74, 6) is -0.359. The third-order valence-corrected chi connectivity index (χ3v) is 4.63. The number of amides is 1. The van der Waals surface area contributed by atoms with Gasteiger partial charge in [-0.25, -0.2) is 4.39 Å². The van der Waals surface area contributed by atoms with Crippen molar-refractivity contribution in [1.82, 2.24) is 4.90 Å². The quantitative estimate of drug-likeness (QED) is 0.805. The first-order chi connectivity index (χ1) is 10.1. The lowest BCUT2D eigenvalue weighted by molar-refractivity contribution is 0.0794. The van der Waals surface area contributed by atoms with Crippen molar-refractivity contribution in [3.8, 4) is 0 Å². The molecule has 0 unspecified atom stereocenters. The number of nitrogens with zero attached hydrogens (tertiary/aromatic N) is 1. The number of carbonyl (C=O) groups excluding carboxylic acids is 1. The Labute approximate surface area is 128 Å². The van der Waals surface area contributed by atoms with Gasteiger partial charge in [-0.3, -0.25) is 4.79 Å². The zero-order chi connectivity index (χ0) is 15.4. The Balaban J connectivity index is 2.45. The van der Waals surface area contributed by atoms with Gasteiger partial charge in [0, 0.05) is 36.4 Å². The van der Waals surface area contributed by atoms with E-state index in [1.807, 2.05) is 6.07 Å². The van der Waals surface area contributed by atoms with Crippen LogP contribution in [0.5, 0.6) is 0 Å². The first-order valence-corrected chi connectivity index (χ1v) is 7.86. The summed E-state index contributed by atoms with van der Waals surface area (Å²) in [7, 11) is 3.34. The van der Waals surface area contributed by atoms with Crippen LogP contribution in [0, 0.1) is 5.82 Å². The monoisotopic (exact) mass is 309 g/mol. The Morgan fingerprint density at radius 2 is 2.19 bits per heavy atom. The van der Waals surface area contributed by atoms with Gasteiger partial charge in [-0.15, -0.1) is 11.3 Å². The van der Waals surface area contributed by atoms with E-state index < -0.39 is 0 Å². The lowest BCUT2D eigenvalue weighted by Gasteiger charge is -2.16. The van der Waals surface area contributed by atoms with Gasteiger partial charge in [-0.1, -0.05) is 19.4 Å². The summed E-state index contributed by atoms with van der Waals surface area (Å²) in [6.45, 7) is 3.03. The van der Waals surface area contributed by atoms with Gasteiger partial charge in [-0.2, -0.15) is 0 Å². The topological polar surface area (TPSA) is 29.5 Å². The van der Waals surface area contributed by atoms with Crippen LogP contribution in [0.2, 0.25) is 0 Å². The number of hydrogen-bond donors (Lipinski definition) is 0. The smallest absolute Gasteiger partial charge is 0.264 e. The van der Waals surface area contributed by atoms with Crippen molar-refractivity contribution in [2.24, 2.45) is 0 Å². The van der Waals surface area contributed by atoms with Crippen molar-refractivity contribution in [1.29, 1.82) is 0 Å². The molecule has 0 N–H and O–H groups in total. The second kappa shape index (κ2) is 7.00. The van der Waals surface area contributed by atoms with Crippen LogP contribution in [-0.2, 0) is 11.3 Å². The third-order valence-electron chi connectivity index (χ3n) is 3.44. The van der Waals surface area contributed by atoms with Crippen molar-refractivity contribution in [2.45, 2.75) is 26.4 Å². The molecule has 5 heteroatoms. The van der Waals surface area contributed by atoms with Gasteiger partial charge < -0.3 is 9.64 Å². The molecule has 1 amide bonds. The van der Waals surface area contributed by atoms with Crippen LogP contribution in [0.15, 0.2) is 18.2 Å². The second-order valence-corrected chi connectivity index (χ2v) is 6.09. The van der Waals surface area contributed by atoms with Gasteiger partial charge in [0.25, 0.3) is 5.91 Å². The fourth-order valence-electron chi connectivity index (χ4n) is 2.29. The molecule has 2 rings (SSSR count). The first-order valence-electron chi connectivity index (χ1n) is 7.04. The number of benzene rings is 1. The predicted octanol–water partition coefficient (Wildman–Crippen LogP) is 4.06. The summed E-state index contributed by atoms with van der Waals surface area (Å²) in [5.41, 5.74) is 0.656. The Kier molecular flexibility index (Phi) is 5.31. The van der Waals surface area contributed by atoms with E-state index in [-0.39, 0.29) is 18.3 Å². The molecule has 0 saturated carbocycles. The van der Waals surface area contributed by atoms with Gasteiger partial charge in [0.1, 0.15) is 5.82 Å². The minimum Gasteiger partial charge on any atom is -0.380 e. The lowest BCUT2D eigenvalue weighted by atomic mass is 10.1. The van der Waals surface area contributed by atoms with Gasteiger partial charge in [0.15, 0.2) is 0 Å². The van der Waals surface area contributed by atoms with Crippen LogP contribution < -0.4 is 0 Å². The molecular formula is C16H20FNO2S. The molecule has 0 saturated heterocycles. The number of thiophene rings is 1. The SMILES string of the molecule is CCCCN(C)C(=O)c1sc2cccc(F)c2c1COC. The maximum absolute atomic E-state index is 14.1. The Bertz CT molecular complexity index is 638. The Morgan fingerprint density at radius 3 is 2.86 bits per heavy atom. The van der Waals surface area contributed by atoms with E-state index in [0.29, 0.717) is 22.4 Å². The second-order valence-electron chi connectivity index (χ2n) is 5.04. The van der Waals surface area contributed by atoms with Gasteiger partial charge in [-0.05, 0) is 18.6 Å². The number of rotatable bonds is 6. The highest BCUT2D eigenvalue weighted by Crippen LogP contribution is 2.34. The number of fused-ring (bicyclic) bond motifs is 1. The normalized spacial score (nSPS) is 11.0. The van der Waals surface area contributed by atoms with E-state index in [1.165, 1.54) is 17.4 Å². The first kappa shape index (κ1) is 15.9. The van der Waals surface area contributed by atoms with Crippen LogP contribution in [0.25, 0.3) is 10.1 Å². The fourth-order valence-corrected chi connectivity index (χ4v) is 3.51. The van der Waals surface area contributed by atoms with E-state index in [0.717, 1.165) is 17.5 Å². The minimum atomic E-state index is -0.300. The zero-order valence-electron chi connectivity index (χ0n) is 12.6. The average molecular weight is 309 g/mol. The molecule has 1 heterocycles. The molecule has 0 aliphatic heterocycles. The number of ether oxygens (including phenoxy) is 1. The van der Waals surface area contributed by atoms with Crippen molar-refractivity contribution < 1.29 is 13.9 Å². The van der Waals surface area contributed by atoms with Gasteiger partial charge in [0.05, 0.1) is 11.5 Å². The fraction of sp³-hybridized carbons (Fsp3) is 0.438. The molecule has 0 aliphatic rings. The highest BCUT2D eigenvalue weighted by Gasteiger charge is 2.22. The van der Waals surface area contributed by atoms with Crippen LogP contribution in [-0.4, -0.2) is 31.5 Å². The Morgan fingerprint density at radius 1 is 1.43 bits per heavy atom. The predicted molar refractivity (Wildman–Crippen MR) is 84.4 cm³/mol. The van der Waals surface area contributed by atoms with Gasteiger partial charge >= 0.3 is 0 Å². The number of carbonyl (C=O) groups is 1. The van der Waals surface area contributed by atoms with Crippen molar-refractivity contribution >= 4 is 27.3 Å².